The molecular weight excluding hydrogens is 314 g/mol. The van der Waals surface area contributed by atoms with Gasteiger partial charge in [0, 0.05) is 0 Å². The Hall–Kier alpha value is -2.49. The maximum absolute atomic E-state index is 12.0. The van der Waals surface area contributed by atoms with Gasteiger partial charge < -0.3 is 15.6 Å². The van der Waals surface area contributed by atoms with Gasteiger partial charge >= 0.3 is 0 Å². The lowest BCUT2D eigenvalue weighted by atomic mass is 9.93. The van der Waals surface area contributed by atoms with Gasteiger partial charge in [0.25, 0.3) is 5.91 Å². The summed E-state index contributed by atoms with van der Waals surface area (Å²) in [6.07, 6.45) is 3.70. The summed E-state index contributed by atoms with van der Waals surface area (Å²) in [5.41, 5.74) is 7.83. The number of ether oxygens (including phenoxy) is 1. The highest BCUT2D eigenvalue weighted by Crippen LogP contribution is 2.42. The first-order chi connectivity index (χ1) is 12.0. The number of aryl methyl sites for hydroxylation is 1. The fraction of sp³-hybridized carbons (Fsp3) is 0.381. The van der Waals surface area contributed by atoms with Gasteiger partial charge in [-0.05, 0) is 43.9 Å². The zero-order valence-electron chi connectivity index (χ0n) is 15.2. The normalized spacial score (nSPS) is 10.9. The van der Waals surface area contributed by atoms with Crippen molar-refractivity contribution >= 4 is 5.91 Å². The van der Waals surface area contributed by atoms with E-state index in [2.05, 4.69) is 6.92 Å². The zero-order chi connectivity index (χ0) is 18.4. The molecule has 4 heteroatoms. The van der Waals surface area contributed by atoms with Crippen LogP contribution in [0.15, 0.2) is 36.4 Å². The Kier molecular flexibility index (Phi) is 6.45. The van der Waals surface area contributed by atoms with Crippen LogP contribution in [0.4, 0.5) is 0 Å². The van der Waals surface area contributed by atoms with E-state index < -0.39 is 5.91 Å². The number of hydrogen-bond donors (Lipinski definition) is 2. The third-order valence-electron chi connectivity index (χ3n) is 4.07. The van der Waals surface area contributed by atoms with Gasteiger partial charge in [0.2, 0.25) is 0 Å². The Bertz CT molecular complexity index is 724. The Balaban J connectivity index is 2.64. The van der Waals surface area contributed by atoms with Crippen molar-refractivity contribution in [2.24, 2.45) is 5.73 Å². The number of rotatable bonds is 8. The number of carbonyl (C=O) groups excluding carboxylic acids is 1. The summed E-state index contributed by atoms with van der Waals surface area (Å²) in [6, 6.07) is 11.3. The van der Waals surface area contributed by atoms with Crippen molar-refractivity contribution in [1.82, 2.24) is 0 Å². The van der Waals surface area contributed by atoms with Crippen LogP contribution in [0, 0.1) is 0 Å². The Labute approximate surface area is 149 Å². The van der Waals surface area contributed by atoms with Crippen LogP contribution < -0.4 is 10.5 Å². The van der Waals surface area contributed by atoms with E-state index in [4.69, 9.17) is 10.5 Å². The van der Waals surface area contributed by atoms with Gasteiger partial charge in [0.15, 0.2) is 0 Å². The summed E-state index contributed by atoms with van der Waals surface area (Å²) >= 11 is 0. The second-order valence-corrected chi connectivity index (χ2v) is 6.49. The van der Waals surface area contributed by atoms with E-state index >= 15 is 0 Å². The van der Waals surface area contributed by atoms with Gasteiger partial charge in [-0.25, -0.2) is 0 Å². The Morgan fingerprint density at radius 2 is 1.88 bits per heavy atom. The maximum atomic E-state index is 12.0. The van der Waals surface area contributed by atoms with Crippen molar-refractivity contribution in [3.05, 3.63) is 47.5 Å². The number of aromatic hydroxyl groups is 1. The van der Waals surface area contributed by atoms with Crippen molar-refractivity contribution < 1.29 is 14.6 Å². The average Bonchev–Trinajstić information content (AvgIpc) is 2.55. The van der Waals surface area contributed by atoms with Crippen molar-refractivity contribution in [3.8, 4) is 22.6 Å². The number of primary amides is 1. The van der Waals surface area contributed by atoms with E-state index in [0.717, 1.165) is 30.4 Å². The van der Waals surface area contributed by atoms with Crippen molar-refractivity contribution in [1.29, 1.82) is 0 Å². The van der Waals surface area contributed by atoms with Crippen LogP contribution in [-0.4, -0.2) is 17.1 Å². The number of carbonyl (C=O) groups is 1. The van der Waals surface area contributed by atoms with Crippen LogP contribution in [-0.2, 0) is 6.42 Å². The molecular formula is C21H27NO3. The summed E-state index contributed by atoms with van der Waals surface area (Å²) < 4.78 is 5.95. The fourth-order valence-corrected chi connectivity index (χ4v) is 2.96. The Morgan fingerprint density at radius 1 is 1.20 bits per heavy atom. The first-order valence-corrected chi connectivity index (χ1v) is 8.86. The SMILES string of the molecule is CCCCCc1cc(OC(C)C)c(-c2ccccc2)c(O)c1C(N)=O. The van der Waals surface area contributed by atoms with Gasteiger partial charge in [-0.1, -0.05) is 50.1 Å². The van der Waals surface area contributed by atoms with Crippen molar-refractivity contribution in [2.45, 2.75) is 52.6 Å². The lowest BCUT2D eigenvalue weighted by Gasteiger charge is -2.20. The minimum absolute atomic E-state index is 0.0511. The van der Waals surface area contributed by atoms with E-state index in [-0.39, 0.29) is 17.4 Å². The molecule has 4 nitrogen and oxygen atoms in total. The lowest BCUT2D eigenvalue weighted by molar-refractivity contribution is 0.0997. The summed E-state index contributed by atoms with van der Waals surface area (Å²) in [5.74, 6) is -0.129. The summed E-state index contributed by atoms with van der Waals surface area (Å²) in [7, 11) is 0. The zero-order valence-corrected chi connectivity index (χ0v) is 15.2. The molecule has 0 saturated heterocycles. The van der Waals surface area contributed by atoms with E-state index in [1.165, 1.54) is 0 Å². The quantitative estimate of drug-likeness (QED) is 0.685. The molecule has 0 saturated carbocycles. The third kappa shape index (κ3) is 4.53. The number of hydrogen-bond acceptors (Lipinski definition) is 3. The summed E-state index contributed by atoms with van der Waals surface area (Å²) in [5, 5.41) is 10.9. The Morgan fingerprint density at radius 3 is 2.44 bits per heavy atom. The molecule has 2 aromatic carbocycles. The standard InChI is InChI=1S/C21H27NO3/c1-4-5-7-12-16-13-17(25-14(2)3)18(15-10-8-6-9-11-15)20(23)19(16)21(22)24/h6,8-11,13-14,23H,4-5,7,12H2,1-3H3,(H2,22,24). The largest absolute Gasteiger partial charge is 0.506 e. The van der Waals surface area contributed by atoms with E-state index in [1.807, 2.05) is 50.2 Å². The minimum Gasteiger partial charge on any atom is -0.506 e. The lowest BCUT2D eigenvalue weighted by Crippen LogP contribution is -2.16. The molecule has 0 spiro atoms. The van der Waals surface area contributed by atoms with Gasteiger partial charge in [-0.15, -0.1) is 0 Å². The summed E-state index contributed by atoms with van der Waals surface area (Å²) in [6.45, 7) is 5.99. The fourth-order valence-electron chi connectivity index (χ4n) is 2.96. The molecule has 0 aliphatic rings. The first-order valence-electron chi connectivity index (χ1n) is 8.86. The molecule has 0 atom stereocenters. The molecule has 0 aliphatic carbocycles. The van der Waals surface area contributed by atoms with Crippen LogP contribution in [0.1, 0.15) is 56.0 Å². The molecule has 0 fully saturated rings. The second kappa shape index (κ2) is 8.56. The number of phenols is 1. The molecule has 134 valence electrons. The van der Waals surface area contributed by atoms with Gasteiger partial charge in [-0.3, -0.25) is 4.79 Å². The van der Waals surface area contributed by atoms with E-state index in [1.54, 1.807) is 0 Å². The first kappa shape index (κ1) is 18.8. The molecule has 1 amide bonds. The van der Waals surface area contributed by atoms with E-state index in [9.17, 15) is 9.90 Å². The number of unbranched alkanes of at least 4 members (excludes halogenated alkanes) is 2. The van der Waals surface area contributed by atoms with Crippen LogP contribution in [0.3, 0.4) is 0 Å². The highest BCUT2D eigenvalue weighted by atomic mass is 16.5. The van der Waals surface area contributed by atoms with Gasteiger partial charge in [0.1, 0.15) is 11.5 Å². The number of benzene rings is 2. The maximum Gasteiger partial charge on any atom is 0.252 e. The third-order valence-corrected chi connectivity index (χ3v) is 4.07. The molecule has 3 N–H and O–H groups in total. The molecule has 0 heterocycles. The molecule has 0 radical (unpaired) electrons. The second-order valence-electron chi connectivity index (χ2n) is 6.49. The molecule has 2 aromatic rings. The van der Waals surface area contributed by atoms with Gasteiger partial charge in [-0.2, -0.15) is 0 Å². The summed E-state index contributed by atoms with van der Waals surface area (Å²) in [4.78, 5) is 12.0. The molecule has 25 heavy (non-hydrogen) atoms. The molecule has 0 bridgehead atoms. The average molecular weight is 341 g/mol. The molecule has 0 aliphatic heterocycles. The predicted molar refractivity (Wildman–Crippen MR) is 101 cm³/mol. The number of amides is 1. The van der Waals surface area contributed by atoms with Gasteiger partial charge in [0.05, 0.1) is 17.2 Å². The van der Waals surface area contributed by atoms with Crippen LogP contribution in [0.5, 0.6) is 11.5 Å². The topological polar surface area (TPSA) is 72.6 Å². The smallest absolute Gasteiger partial charge is 0.252 e. The van der Waals surface area contributed by atoms with E-state index in [0.29, 0.717) is 17.7 Å². The molecule has 0 aromatic heterocycles. The molecule has 2 rings (SSSR count). The van der Waals surface area contributed by atoms with Crippen LogP contribution in [0.2, 0.25) is 0 Å². The highest BCUT2D eigenvalue weighted by molar-refractivity contribution is 6.00. The minimum atomic E-state index is -0.614. The predicted octanol–water partition coefficient (Wildman–Crippen LogP) is 4.68. The van der Waals surface area contributed by atoms with Crippen molar-refractivity contribution in [2.75, 3.05) is 0 Å². The monoisotopic (exact) mass is 341 g/mol. The van der Waals surface area contributed by atoms with Crippen molar-refractivity contribution in [3.63, 3.8) is 0 Å². The van der Waals surface area contributed by atoms with Crippen LogP contribution >= 0.6 is 0 Å². The van der Waals surface area contributed by atoms with Crippen LogP contribution in [0.25, 0.3) is 11.1 Å². The molecule has 0 unspecified atom stereocenters. The number of nitrogens with two attached hydrogens (primary N) is 1. The highest BCUT2D eigenvalue weighted by Gasteiger charge is 2.23.